The van der Waals surface area contributed by atoms with E-state index in [1.54, 1.807) is 17.9 Å². The van der Waals surface area contributed by atoms with Crippen LogP contribution < -0.4 is 5.32 Å². The fourth-order valence-corrected chi connectivity index (χ4v) is 2.59. The van der Waals surface area contributed by atoms with Crippen LogP contribution in [-0.2, 0) is 20.3 Å². The lowest BCUT2D eigenvalue weighted by Gasteiger charge is -2.07. The van der Waals surface area contributed by atoms with Crippen molar-refractivity contribution in [2.24, 2.45) is 14.1 Å². The highest BCUT2D eigenvalue weighted by Crippen LogP contribution is 2.41. The van der Waals surface area contributed by atoms with Gasteiger partial charge in [-0.2, -0.15) is 23.4 Å². The molecular weight excluding hydrogens is 311 g/mol. The first kappa shape index (κ1) is 15.6. The van der Waals surface area contributed by atoms with Crippen LogP contribution in [0.5, 0.6) is 0 Å². The number of alkyl halides is 3. The highest BCUT2D eigenvalue weighted by atomic mass is 19.4. The highest BCUT2D eigenvalue weighted by molar-refractivity contribution is 6.05. The second-order valence-corrected chi connectivity index (χ2v) is 5.77. The molecule has 23 heavy (non-hydrogen) atoms. The summed E-state index contributed by atoms with van der Waals surface area (Å²) in [5.41, 5.74) is -0.0147. The number of halogens is 3. The van der Waals surface area contributed by atoms with E-state index in [4.69, 9.17) is 0 Å². The Bertz CT molecular complexity index is 770. The van der Waals surface area contributed by atoms with Gasteiger partial charge < -0.3 is 5.32 Å². The molecule has 0 aliphatic heterocycles. The van der Waals surface area contributed by atoms with E-state index in [1.165, 1.54) is 14.0 Å². The summed E-state index contributed by atoms with van der Waals surface area (Å²) in [4.78, 5) is 12.5. The molecule has 1 N–H and O–H groups in total. The standard InChI is InChI=1S/C14H16F3N5O/c1-7-11(14(15,16)17)20-22(3)12(7)18-13(23)9-6-21(2)19-10(9)8-4-5-8/h6,8H,4-5H2,1-3H3,(H,18,23). The van der Waals surface area contributed by atoms with Crippen molar-refractivity contribution in [3.05, 3.63) is 28.7 Å². The maximum atomic E-state index is 12.9. The van der Waals surface area contributed by atoms with Gasteiger partial charge in [0.05, 0.1) is 11.3 Å². The van der Waals surface area contributed by atoms with E-state index < -0.39 is 17.8 Å². The number of anilines is 1. The normalized spacial score (nSPS) is 15.0. The summed E-state index contributed by atoms with van der Waals surface area (Å²) in [6.45, 7) is 1.29. The van der Waals surface area contributed by atoms with Gasteiger partial charge in [-0.3, -0.25) is 14.2 Å². The van der Waals surface area contributed by atoms with Crippen LogP contribution in [0.3, 0.4) is 0 Å². The summed E-state index contributed by atoms with van der Waals surface area (Å²) in [5, 5.41) is 10.3. The SMILES string of the molecule is Cc1c(C(F)(F)F)nn(C)c1NC(=O)c1cn(C)nc1C1CC1. The maximum absolute atomic E-state index is 12.9. The molecule has 2 aromatic heterocycles. The molecule has 1 aliphatic rings. The predicted octanol–water partition coefficient (Wildman–Crippen LogP) is 2.61. The van der Waals surface area contributed by atoms with E-state index in [-0.39, 0.29) is 17.3 Å². The van der Waals surface area contributed by atoms with Crippen molar-refractivity contribution >= 4 is 11.7 Å². The van der Waals surface area contributed by atoms with Crippen molar-refractivity contribution in [1.29, 1.82) is 0 Å². The van der Waals surface area contributed by atoms with Crippen LogP contribution >= 0.6 is 0 Å². The number of hydrogen-bond donors (Lipinski definition) is 1. The third-order valence-corrected chi connectivity index (χ3v) is 3.85. The third-order valence-electron chi connectivity index (χ3n) is 3.85. The molecule has 2 heterocycles. The van der Waals surface area contributed by atoms with Gasteiger partial charge in [0.25, 0.3) is 5.91 Å². The number of aromatic nitrogens is 4. The van der Waals surface area contributed by atoms with Crippen LogP contribution in [0.4, 0.5) is 19.0 Å². The molecule has 0 radical (unpaired) electrons. The molecule has 1 amide bonds. The number of nitrogens with one attached hydrogen (secondary N) is 1. The zero-order chi connectivity index (χ0) is 16.9. The van der Waals surface area contributed by atoms with Gasteiger partial charge in [-0.25, -0.2) is 0 Å². The van der Waals surface area contributed by atoms with Crippen LogP contribution in [0.1, 0.15) is 46.1 Å². The number of rotatable bonds is 3. The molecule has 0 saturated heterocycles. The minimum Gasteiger partial charge on any atom is -0.306 e. The molecule has 2 aromatic rings. The van der Waals surface area contributed by atoms with E-state index in [1.807, 2.05) is 0 Å². The van der Waals surface area contributed by atoms with E-state index >= 15 is 0 Å². The maximum Gasteiger partial charge on any atom is 0.435 e. The molecule has 0 atom stereocenters. The van der Waals surface area contributed by atoms with Gasteiger partial charge >= 0.3 is 6.18 Å². The summed E-state index contributed by atoms with van der Waals surface area (Å²) in [6.07, 6.45) is -1.03. The summed E-state index contributed by atoms with van der Waals surface area (Å²) >= 11 is 0. The Balaban J connectivity index is 1.91. The van der Waals surface area contributed by atoms with Crippen molar-refractivity contribution in [2.75, 3.05) is 5.32 Å². The molecule has 0 unspecified atom stereocenters. The van der Waals surface area contributed by atoms with Crippen molar-refractivity contribution in [3.63, 3.8) is 0 Å². The van der Waals surface area contributed by atoms with E-state index in [0.717, 1.165) is 17.5 Å². The van der Waals surface area contributed by atoms with Crippen molar-refractivity contribution < 1.29 is 18.0 Å². The van der Waals surface area contributed by atoms with Gasteiger partial charge in [0.1, 0.15) is 5.82 Å². The molecule has 0 spiro atoms. The zero-order valence-corrected chi connectivity index (χ0v) is 12.9. The number of aryl methyl sites for hydroxylation is 2. The predicted molar refractivity (Wildman–Crippen MR) is 76.1 cm³/mol. The summed E-state index contributed by atoms with van der Waals surface area (Å²) in [6, 6.07) is 0. The smallest absolute Gasteiger partial charge is 0.306 e. The second kappa shape index (κ2) is 5.10. The minimum atomic E-state index is -4.56. The molecule has 6 nitrogen and oxygen atoms in total. The topological polar surface area (TPSA) is 64.7 Å². The monoisotopic (exact) mass is 327 g/mol. The van der Waals surface area contributed by atoms with Crippen LogP contribution in [0.2, 0.25) is 0 Å². The largest absolute Gasteiger partial charge is 0.435 e. The first-order valence-corrected chi connectivity index (χ1v) is 7.14. The fourth-order valence-electron chi connectivity index (χ4n) is 2.59. The third kappa shape index (κ3) is 2.82. The number of carbonyl (C=O) groups excluding carboxylic acids is 1. The average molecular weight is 327 g/mol. The number of amides is 1. The molecule has 0 aromatic carbocycles. The van der Waals surface area contributed by atoms with Crippen molar-refractivity contribution in [1.82, 2.24) is 19.6 Å². The first-order valence-electron chi connectivity index (χ1n) is 7.14. The summed E-state index contributed by atoms with van der Waals surface area (Å²) in [5.74, 6) is -0.178. The first-order chi connectivity index (χ1) is 10.7. The quantitative estimate of drug-likeness (QED) is 0.942. The lowest BCUT2D eigenvalue weighted by Crippen LogP contribution is -2.16. The van der Waals surface area contributed by atoms with Gasteiger partial charge in [-0.05, 0) is 19.8 Å². The van der Waals surface area contributed by atoms with Crippen molar-refractivity contribution in [3.8, 4) is 0 Å². The zero-order valence-electron chi connectivity index (χ0n) is 12.9. The van der Waals surface area contributed by atoms with Gasteiger partial charge in [0.2, 0.25) is 0 Å². The Morgan fingerprint density at radius 3 is 2.48 bits per heavy atom. The Kier molecular flexibility index (Phi) is 3.46. The minimum absolute atomic E-state index is 0.0351. The molecule has 1 aliphatic carbocycles. The molecule has 1 fully saturated rings. The molecule has 0 bridgehead atoms. The average Bonchev–Trinajstić information content (AvgIpc) is 3.16. The van der Waals surface area contributed by atoms with Crippen molar-refractivity contribution in [2.45, 2.75) is 31.9 Å². The Labute approximate surface area is 130 Å². The van der Waals surface area contributed by atoms with Crippen LogP contribution in [-0.4, -0.2) is 25.5 Å². The molecule has 3 rings (SSSR count). The Hall–Kier alpha value is -2.32. The van der Waals surface area contributed by atoms with Gasteiger partial charge in [-0.1, -0.05) is 0 Å². The molecule has 124 valence electrons. The van der Waals surface area contributed by atoms with E-state index in [2.05, 4.69) is 15.5 Å². The number of carbonyl (C=O) groups is 1. The van der Waals surface area contributed by atoms with E-state index in [0.29, 0.717) is 11.3 Å². The summed E-state index contributed by atoms with van der Waals surface area (Å²) in [7, 11) is 3.07. The lowest BCUT2D eigenvalue weighted by atomic mass is 10.1. The second-order valence-electron chi connectivity index (χ2n) is 5.77. The Morgan fingerprint density at radius 2 is 1.96 bits per heavy atom. The lowest BCUT2D eigenvalue weighted by molar-refractivity contribution is -0.141. The van der Waals surface area contributed by atoms with E-state index in [9.17, 15) is 18.0 Å². The number of nitrogens with zero attached hydrogens (tertiary/aromatic N) is 4. The molecular formula is C14H16F3N5O. The van der Waals surface area contributed by atoms with Crippen LogP contribution in [0, 0.1) is 6.92 Å². The summed E-state index contributed by atoms with van der Waals surface area (Å²) < 4.78 is 41.2. The van der Waals surface area contributed by atoms with Crippen LogP contribution in [0.25, 0.3) is 0 Å². The molecule has 9 heteroatoms. The molecule has 1 saturated carbocycles. The fraction of sp³-hybridized carbons (Fsp3) is 0.500. The Morgan fingerprint density at radius 1 is 1.30 bits per heavy atom. The van der Waals surface area contributed by atoms with Gasteiger partial charge in [0, 0.05) is 31.8 Å². The highest BCUT2D eigenvalue weighted by Gasteiger charge is 2.38. The number of hydrogen-bond acceptors (Lipinski definition) is 3. The van der Waals surface area contributed by atoms with Gasteiger partial charge in [0.15, 0.2) is 5.69 Å². The van der Waals surface area contributed by atoms with Gasteiger partial charge in [-0.15, -0.1) is 0 Å². The van der Waals surface area contributed by atoms with Crippen LogP contribution in [0.15, 0.2) is 6.20 Å².